The summed E-state index contributed by atoms with van der Waals surface area (Å²) in [5, 5.41) is 9.45. The fourth-order valence-electron chi connectivity index (χ4n) is 4.89. The van der Waals surface area contributed by atoms with Crippen LogP contribution in [0.4, 0.5) is 4.79 Å². The van der Waals surface area contributed by atoms with Crippen LogP contribution in [0.3, 0.4) is 0 Å². The normalized spacial score (nSPS) is 17.5. The molecule has 0 bridgehead atoms. The number of alkyl carbamates (subject to hydrolysis) is 1. The van der Waals surface area contributed by atoms with Crippen LogP contribution in [0.15, 0.2) is 60.2 Å². The molecule has 0 spiro atoms. The molecular formula is C29H32BN3O6. The molecule has 1 saturated heterocycles. The van der Waals surface area contributed by atoms with Crippen molar-refractivity contribution in [3.63, 3.8) is 0 Å². The number of hydrogen-bond acceptors (Lipinski definition) is 7. The van der Waals surface area contributed by atoms with E-state index in [2.05, 4.69) is 39.8 Å². The minimum absolute atomic E-state index is 0.0465. The lowest BCUT2D eigenvalue weighted by molar-refractivity contribution is 0.00578. The maximum atomic E-state index is 12.9. The van der Waals surface area contributed by atoms with E-state index in [1.807, 2.05) is 52.0 Å². The van der Waals surface area contributed by atoms with Crippen molar-refractivity contribution >= 4 is 25.3 Å². The molecule has 10 heteroatoms. The second kappa shape index (κ2) is 10.4. The van der Waals surface area contributed by atoms with Gasteiger partial charge in [-0.05, 0) is 55.4 Å². The minimum atomic E-state index is -0.760. The standard InChI is InChI=1S/C29H32BN3O6/c1-28(2)29(3,4)39-30(38-28)19(14-18-15-32-33-25(18)26(34)36-5)16-31-27(35)37-17-24-22-12-8-6-10-20(22)21-11-7-9-13-23(21)24/h6-15,24H,16-17H2,1-5H3,(H,31,35)(H,32,33). The van der Waals surface area contributed by atoms with Gasteiger partial charge in [-0.2, -0.15) is 5.10 Å². The van der Waals surface area contributed by atoms with Crippen LogP contribution < -0.4 is 5.32 Å². The van der Waals surface area contributed by atoms with Crippen molar-refractivity contribution < 1.29 is 28.4 Å². The summed E-state index contributed by atoms with van der Waals surface area (Å²) in [5.74, 6) is -0.605. The molecule has 0 radical (unpaired) electrons. The highest BCUT2D eigenvalue weighted by atomic mass is 16.7. The number of ether oxygens (including phenoxy) is 2. The smallest absolute Gasteiger partial charge is 0.464 e. The second-order valence-electron chi connectivity index (χ2n) is 10.7. The van der Waals surface area contributed by atoms with Gasteiger partial charge in [0, 0.05) is 18.0 Å². The zero-order chi connectivity index (χ0) is 27.8. The molecule has 2 N–H and O–H groups in total. The Bertz CT molecular complexity index is 1370. The fourth-order valence-corrected chi connectivity index (χ4v) is 4.89. The summed E-state index contributed by atoms with van der Waals surface area (Å²) in [7, 11) is 0.536. The Morgan fingerprint density at radius 2 is 1.62 bits per heavy atom. The van der Waals surface area contributed by atoms with E-state index in [0.717, 1.165) is 22.3 Å². The Morgan fingerprint density at radius 3 is 2.21 bits per heavy atom. The number of hydrogen-bond donors (Lipinski definition) is 2. The number of aromatic amines is 1. The van der Waals surface area contributed by atoms with E-state index >= 15 is 0 Å². The third kappa shape index (κ3) is 5.09. The van der Waals surface area contributed by atoms with Gasteiger partial charge >= 0.3 is 19.2 Å². The Labute approximate surface area is 228 Å². The summed E-state index contributed by atoms with van der Waals surface area (Å²) in [4.78, 5) is 25.1. The minimum Gasteiger partial charge on any atom is -0.464 e. The van der Waals surface area contributed by atoms with Crippen molar-refractivity contribution in [2.75, 3.05) is 20.3 Å². The number of nitrogens with one attached hydrogen (secondary N) is 2. The zero-order valence-electron chi connectivity index (χ0n) is 22.7. The number of H-pyrrole nitrogens is 1. The molecule has 0 atom stereocenters. The number of benzene rings is 2. The van der Waals surface area contributed by atoms with E-state index < -0.39 is 30.4 Å². The van der Waals surface area contributed by atoms with Gasteiger partial charge in [-0.3, -0.25) is 5.10 Å². The topological polar surface area (TPSA) is 112 Å². The molecule has 5 rings (SSSR count). The van der Waals surface area contributed by atoms with Crippen molar-refractivity contribution in [3.05, 3.63) is 82.6 Å². The Morgan fingerprint density at radius 1 is 1.03 bits per heavy atom. The van der Waals surface area contributed by atoms with Gasteiger partial charge in [0.2, 0.25) is 0 Å². The predicted octanol–water partition coefficient (Wildman–Crippen LogP) is 4.75. The molecule has 1 fully saturated rings. The summed E-state index contributed by atoms with van der Waals surface area (Å²) >= 11 is 0. The van der Waals surface area contributed by atoms with E-state index in [1.54, 1.807) is 6.08 Å². The number of rotatable bonds is 7. The van der Waals surface area contributed by atoms with Gasteiger partial charge in [0.15, 0.2) is 5.69 Å². The lowest BCUT2D eigenvalue weighted by Gasteiger charge is -2.32. The Kier molecular flexibility index (Phi) is 7.09. The molecule has 2 aromatic carbocycles. The average molecular weight is 529 g/mol. The van der Waals surface area contributed by atoms with Gasteiger partial charge in [0.1, 0.15) is 6.61 Å². The van der Waals surface area contributed by atoms with Gasteiger partial charge in [-0.25, -0.2) is 9.59 Å². The van der Waals surface area contributed by atoms with E-state index in [9.17, 15) is 9.59 Å². The van der Waals surface area contributed by atoms with Gasteiger partial charge in [-0.15, -0.1) is 0 Å². The monoisotopic (exact) mass is 529 g/mol. The largest absolute Gasteiger partial charge is 0.492 e. The summed E-state index contributed by atoms with van der Waals surface area (Å²) < 4.78 is 23.0. The van der Waals surface area contributed by atoms with Crippen LogP contribution in [-0.2, 0) is 18.8 Å². The van der Waals surface area contributed by atoms with Gasteiger partial charge < -0.3 is 24.1 Å². The van der Waals surface area contributed by atoms with Crippen LogP contribution >= 0.6 is 0 Å². The van der Waals surface area contributed by atoms with Gasteiger partial charge in [0.05, 0.1) is 24.5 Å². The summed E-state index contributed by atoms with van der Waals surface area (Å²) in [5.41, 5.74) is 4.68. The summed E-state index contributed by atoms with van der Waals surface area (Å²) in [6.45, 7) is 8.05. The first-order valence-corrected chi connectivity index (χ1v) is 12.9. The number of fused-ring (bicyclic) bond motifs is 3. The van der Waals surface area contributed by atoms with Crippen LogP contribution in [-0.4, -0.2) is 60.8 Å². The molecule has 2 heterocycles. The molecule has 3 aromatic rings. The highest BCUT2D eigenvalue weighted by molar-refractivity contribution is 6.56. The molecule has 0 unspecified atom stereocenters. The molecule has 1 aromatic heterocycles. The second-order valence-corrected chi connectivity index (χ2v) is 10.7. The highest BCUT2D eigenvalue weighted by Gasteiger charge is 2.52. The molecule has 0 saturated carbocycles. The van der Waals surface area contributed by atoms with Gasteiger partial charge in [0.25, 0.3) is 0 Å². The molecule has 39 heavy (non-hydrogen) atoms. The van der Waals surface area contributed by atoms with Crippen LogP contribution in [0, 0.1) is 0 Å². The number of carbonyl (C=O) groups is 2. The third-order valence-electron chi connectivity index (χ3n) is 7.74. The van der Waals surface area contributed by atoms with Crippen molar-refractivity contribution in [3.8, 4) is 11.1 Å². The maximum Gasteiger partial charge on any atom is 0.492 e. The van der Waals surface area contributed by atoms with Crippen molar-refractivity contribution in [1.82, 2.24) is 15.5 Å². The number of amides is 1. The zero-order valence-corrected chi connectivity index (χ0v) is 22.7. The van der Waals surface area contributed by atoms with Gasteiger partial charge in [-0.1, -0.05) is 54.6 Å². The van der Waals surface area contributed by atoms with Crippen molar-refractivity contribution in [2.45, 2.75) is 44.8 Å². The average Bonchev–Trinajstić information content (AvgIpc) is 3.57. The molecule has 2 aliphatic rings. The summed E-state index contributed by atoms with van der Waals surface area (Å²) in [6.07, 6.45) is 2.64. The van der Waals surface area contributed by atoms with E-state index in [0.29, 0.717) is 11.0 Å². The van der Waals surface area contributed by atoms with E-state index in [-0.39, 0.29) is 24.8 Å². The first kappa shape index (κ1) is 26.7. The van der Waals surface area contributed by atoms with Crippen LogP contribution in [0.2, 0.25) is 0 Å². The lowest BCUT2D eigenvalue weighted by atomic mass is 9.77. The molecular weight excluding hydrogens is 497 g/mol. The van der Waals surface area contributed by atoms with Crippen molar-refractivity contribution in [1.29, 1.82) is 0 Å². The molecule has 1 aliphatic heterocycles. The first-order chi connectivity index (χ1) is 18.6. The SMILES string of the molecule is COC(=O)c1[nH]ncc1C=C(CNC(=O)OCC1c2ccccc2-c2ccccc21)B1OC(C)(C)C(C)(C)O1. The fraction of sp³-hybridized carbons (Fsp3) is 0.345. The number of nitrogens with zero attached hydrogens (tertiary/aromatic N) is 1. The van der Waals surface area contributed by atoms with Crippen LogP contribution in [0.5, 0.6) is 0 Å². The molecule has 1 aliphatic carbocycles. The van der Waals surface area contributed by atoms with E-state index in [4.69, 9.17) is 18.8 Å². The first-order valence-electron chi connectivity index (χ1n) is 12.9. The third-order valence-corrected chi connectivity index (χ3v) is 7.74. The molecule has 9 nitrogen and oxygen atoms in total. The van der Waals surface area contributed by atoms with Crippen molar-refractivity contribution in [2.24, 2.45) is 0 Å². The van der Waals surface area contributed by atoms with Crippen LogP contribution in [0.25, 0.3) is 17.2 Å². The molecule has 1 amide bonds. The highest BCUT2D eigenvalue weighted by Crippen LogP contribution is 2.44. The summed E-state index contributed by atoms with van der Waals surface area (Å²) in [6, 6.07) is 16.4. The number of aromatic nitrogens is 2. The van der Waals surface area contributed by atoms with Crippen LogP contribution in [0.1, 0.15) is 60.8 Å². The maximum absolute atomic E-state index is 12.9. The predicted molar refractivity (Wildman–Crippen MR) is 147 cm³/mol. The number of carbonyl (C=O) groups excluding carboxylic acids is 2. The number of methoxy groups -OCH3 is 1. The lowest BCUT2D eigenvalue weighted by Crippen LogP contribution is -2.41. The Balaban J connectivity index is 1.32. The molecule has 202 valence electrons. The number of esters is 1. The Hall–Kier alpha value is -3.89. The quantitative estimate of drug-likeness (QED) is 0.336. The van der Waals surface area contributed by atoms with E-state index in [1.165, 1.54) is 13.3 Å².